The van der Waals surface area contributed by atoms with Gasteiger partial charge in [0.05, 0.1) is 6.10 Å². The lowest BCUT2D eigenvalue weighted by atomic mass is 9.78. The summed E-state index contributed by atoms with van der Waals surface area (Å²) in [5.41, 5.74) is 3.09. The van der Waals surface area contributed by atoms with Gasteiger partial charge in [-0.05, 0) is 86.2 Å². The molecule has 2 saturated carbocycles. The molecule has 1 nitrogen and oxygen atoms in total. The summed E-state index contributed by atoms with van der Waals surface area (Å²) in [5, 5.41) is 9.09. The van der Waals surface area contributed by atoms with E-state index in [1.54, 1.807) is 5.56 Å². The zero-order chi connectivity index (χ0) is 20.6. The normalized spacial score (nSPS) is 34.7. The molecule has 1 aromatic rings. The Morgan fingerprint density at radius 2 is 1.38 bits per heavy atom. The topological polar surface area (TPSA) is 20.2 Å². The lowest BCUT2D eigenvalue weighted by molar-refractivity contribution is 0.118. The largest absolute Gasteiger partial charge is 0.393 e. The van der Waals surface area contributed by atoms with E-state index in [2.05, 4.69) is 56.8 Å². The molecule has 0 radical (unpaired) electrons. The zero-order valence-electron chi connectivity index (χ0n) is 18.7. The second-order valence-corrected chi connectivity index (χ2v) is 9.97. The van der Waals surface area contributed by atoms with Crippen LogP contribution in [0, 0.1) is 17.8 Å². The molecule has 2 fully saturated rings. The van der Waals surface area contributed by atoms with Crippen molar-refractivity contribution >= 4 is 0 Å². The first-order valence-electron chi connectivity index (χ1n) is 12.1. The van der Waals surface area contributed by atoms with Crippen LogP contribution >= 0.6 is 0 Å². The van der Waals surface area contributed by atoms with Crippen LogP contribution in [0.25, 0.3) is 0 Å². The molecule has 3 aliphatic rings. The molecule has 0 aromatic heterocycles. The fourth-order valence-corrected chi connectivity index (χ4v) is 5.18. The minimum Gasteiger partial charge on any atom is -0.393 e. The van der Waals surface area contributed by atoms with Gasteiger partial charge in [0.2, 0.25) is 0 Å². The van der Waals surface area contributed by atoms with E-state index in [1.807, 2.05) is 6.08 Å². The monoisotopic (exact) mass is 394 g/mol. The summed E-state index contributed by atoms with van der Waals surface area (Å²) in [5.74, 6) is 3.87. The Balaban J connectivity index is 0.000000224. The zero-order valence-corrected chi connectivity index (χ0v) is 18.7. The van der Waals surface area contributed by atoms with Crippen LogP contribution in [0.3, 0.4) is 0 Å². The summed E-state index contributed by atoms with van der Waals surface area (Å²) in [6.45, 7) is 8.45. The van der Waals surface area contributed by atoms with E-state index in [-0.39, 0.29) is 6.10 Å². The third-order valence-electron chi connectivity index (χ3n) is 7.53. The molecule has 0 heterocycles. The summed E-state index contributed by atoms with van der Waals surface area (Å²) < 4.78 is 0. The average Bonchev–Trinajstić information content (AvgIpc) is 2.76. The molecule has 0 aliphatic heterocycles. The smallest absolute Gasteiger partial charge is 0.0540 e. The lowest BCUT2D eigenvalue weighted by Gasteiger charge is -2.27. The second kappa shape index (κ2) is 11.2. The Morgan fingerprint density at radius 3 is 1.93 bits per heavy atom. The molecule has 1 heteroatoms. The van der Waals surface area contributed by atoms with Crippen LogP contribution < -0.4 is 0 Å². The van der Waals surface area contributed by atoms with Crippen molar-refractivity contribution in [2.45, 2.75) is 96.0 Å². The molecular weight excluding hydrogens is 352 g/mol. The van der Waals surface area contributed by atoms with Gasteiger partial charge < -0.3 is 5.11 Å². The van der Waals surface area contributed by atoms with Gasteiger partial charge in [0, 0.05) is 5.92 Å². The number of allylic oxidation sites excluding steroid dienone is 3. The van der Waals surface area contributed by atoms with Crippen molar-refractivity contribution in [2.24, 2.45) is 17.8 Å². The van der Waals surface area contributed by atoms with Gasteiger partial charge >= 0.3 is 0 Å². The van der Waals surface area contributed by atoms with Crippen molar-refractivity contribution in [3.63, 3.8) is 0 Å². The predicted molar refractivity (Wildman–Crippen MR) is 125 cm³/mol. The average molecular weight is 395 g/mol. The number of hydrogen-bond acceptors (Lipinski definition) is 1. The molecule has 0 spiro atoms. The third-order valence-corrected chi connectivity index (χ3v) is 7.53. The SMILES string of the molecule is C=CC1CCC(O)CC1.CC1C=CC(c2ccc(C3CCC(C)CC3)cc2)CC1. The molecule has 4 rings (SSSR count). The van der Waals surface area contributed by atoms with Crippen molar-refractivity contribution in [1.29, 1.82) is 0 Å². The summed E-state index contributed by atoms with van der Waals surface area (Å²) in [7, 11) is 0. The van der Waals surface area contributed by atoms with Gasteiger partial charge in [-0.15, -0.1) is 6.58 Å². The Kier molecular flexibility index (Phi) is 8.60. The van der Waals surface area contributed by atoms with Crippen LogP contribution in [0.2, 0.25) is 0 Å². The first kappa shape index (κ1) is 22.3. The first-order chi connectivity index (χ1) is 14.0. The molecule has 160 valence electrons. The van der Waals surface area contributed by atoms with E-state index < -0.39 is 0 Å². The number of hydrogen-bond donors (Lipinski definition) is 1. The molecule has 3 aliphatic carbocycles. The van der Waals surface area contributed by atoms with Crippen molar-refractivity contribution in [3.8, 4) is 0 Å². The fraction of sp³-hybridized carbons (Fsp3) is 0.643. The number of rotatable bonds is 3. The molecule has 1 N–H and O–H groups in total. The van der Waals surface area contributed by atoms with Crippen molar-refractivity contribution in [3.05, 3.63) is 60.2 Å². The van der Waals surface area contributed by atoms with Gasteiger partial charge in [-0.3, -0.25) is 0 Å². The standard InChI is InChI=1S/C20H28.C8H14O/c1-15-3-7-17(8-4-15)19-11-13-20(14-12-19)18-9-5-16(2)6-10-18;1-2-7-3-5-8(9)6-4-7/h3,7,11-18H,4-6,8-10H2,1-2H3;2,7-9H,1,3-6H2. The minimum atomic E-state index is -0.0267. The Bertz CT molecular complexity index is 627. The van der Waals surface area contributed by atoms with Crippen molar-refractivity contribution < 1.29 is 5.11 Å². The Morgan fingerprint density at radius 1 is 0.759 bits per heavy atom. The maximum Gasteiger partial charge on any atom is 0.0540 e. The van der Waals surface area contributed by atoms with E-state index in [0.29, 0.717) is 11.8 Å². The molecule has 2 unspecified atom stereocenters. The van der Waals surface area contributed by atoms with Gasteiger partial charge in [0.25, 0.3) is 0 Å². The molecule has 2 atom stereocenters. The third kappa shape index (κ3) is 6.85. The van der Waals surface area contributed by atoms with E-state index in [1.165, 1.54) is 44.1 Å². The van der Waals surface area contributed by atoms with Crippen LogP contribution in [0.4, 0.5) is 0 Å². The fourth-order valence-electron chi connectivity index (χ4n) is 5.18. The molecule has 0 bridgehead atoms. The maximum absolute atomic E-state index is 9.09. The quantitative estimate of drug-likeness (QED) is 0.519. The molecule has 29 heavy (non-hydrogen) atoms. The summed E-state index contributed by atoms with van der Waals surface area (Å²) in [6, 6.07) is 9.58. The van der Waals surface area contributed by atoms with Crippen molar-refractivity contribution in [2.75, 3.05) is 0 Å². The van der Waals surface area contributed by atoms with Gasteiger partial charge in [-0.25, -0.2) is 0 Å². The highest BCUT2D eigenvalue weighted by molar-refractivity contribution is 5.31. The van der Waals surface area contributed by atoms with E-state index >= 15 is 0 Å². The number of aliphatic hydroxyl groups is 1. The molecule has 0 amide bonds. The van der Waals surface area contributed by atoms with Gasteiger partial charge in [-0.1, -0.05) is 69.2 Å². The van der Waals surface area contributed by atoms with E-state index in [0.717, 1.165) is 43.4 Å². The molecule has 0 saturated heterocycles. The van der Waals surface area contributed by atoms with E-state index in [9.17, 15) is 0 Å². The van der Waals surface area contributed by atoms with Crippen LogP contribution in [0.15, 0.2) is 49.1 Å². The van der Waals surface area contributed by atoms with Gasteiger partial charge in [0.1, 0.15) is 0 Å². The summed E-state index contributed by atoms with van der Waals surface area (Å²) in [6.07, 6.45) is 19.3. The second-order valence-electron chi connectivity index (χ2n) is 9.97. The molecule has 1 aromatic carbocycles. The highest BCUT2D eigenvalue weighted by atomic mass is 16.3. The number of aliphatic hydroxyl groups excluding tert-OH is 1. The Labute approximate surface area is 179 Å². The van der Waals surface area contributed by atoms with Crippen LogP contribution in [-0.2, 0) is 0 Å². The highest BCUT2D eigenvalue weighted by Crippen LogP contribution is 2.37. The summed E-state index contributed by atoms with van der Waals surface area (Å²) in [4.78, 5) is 0. The maximum atomic E-state index is 9.09. The highest BCUT2D eigenvalue weighted by Gasteiger charge is 2.20. The summed E-state index contributed by atoms with van der Waals surface area (Å²) >= 11 is 0. The Hall–Kier alpha value is -1.34. The molecular formula is C28H42O. The predicted octanol–water partition coefficient (Wildman–Crippen LogP) is 7.77. The number of benzene rings is 1. The van der Waals surface area contributed by atoms with Crippen LogP contribution in [0.1, 0.15) is 101 Å². The van der Waals surface area contributed by atoms with Crippen LogP contribution in [0.5, 0.6) is 0 Å². The minimum absolute atomic E-state index is 0.0267. The van der Waals surface area contributed by atoms with Crippen molar-refractivity contribution in [1.82, 2.24) is 0 Å². The lowest BCUT2D eigenvalue weighted by Crippen LogP contribution is -2.16. The first-order valence-corrected chi connectivity index (χ1v) is 12.1. The van der Waals surface area contributed by atoms with Gasteiger partial charge in [0.15, 0.2) is 0 Å². The van der Waals surface area contributed by atoms with Crippen LogP contribution in [-0.4, -0.2) is 11.2 Å². The van der Waals surface area contributed by atoms with E-state index in [4.69, 9.17) is 5.11 Å². The van der Waals surface area contributed by atoms with Gasteiger partial charge in [-0.2, -0.15) is 0 Å².